The number of ether oxygens (including phenoxy) is 1. The van der Waals surface area contributed by atoms with Gasteiger partial charge >= 0.3 is 5.97 Å². The van der Waals surface area contributed by atoms with Gasteiger partial charge in [-0.15, -0.1) is 5.11 Å². The molecule has 0 bridgehead atoms. The maximum Gasteiger partial charge on any atom is 0.335 e. The highest BCUT2D eigenvalue weighted by atomic mass is 16.5. The van der Waals surface area contributed by atoms with E-state index in [9.17, 15) is 4.79 Å². The first-order valence-corrected chi connectivity index (χ1v) is 3.76. The zero-order valence-corrected chi connectivity index (χ0v) is 7.02. The average Bonchev–Trinajstić information content (AvgIpc) is 2.63. The number of carbonyl (C=O) groups is 1. The van der Waals surface area contributed by atoms with Crippen LogP contribution in [0.1, 0.15) is 6.42 Å². The van der Waals surface area contributed by atoms with E-state index in [0.29, 0.717) is 17.8 Å². The number of esters is 1. The van der Waals surface area contributed by atoms with Crippen LogP contribution in [0.4, 0.5) is 0 Å². The van der Waals surface area contributed by atoms with Crippen LogP contribution in [0, 0.1) is 0 Å². The van der Waals surface area contributed by atoms with Crippen molar-refractivity contribution in [2.75, 3.05) is 7.11 Å². The molecule has 0 aliphatic carbocycles. The summed E-state index contributed by atoms with van der Waals surface area (Å²) in [5.74, 6) is 0.239. The number of amidine groups is 1. The fourth-order valence-electron chi connectivity index (χ4n) is 1.15. The predicted molar refractivity (Wildman–Crippen MR) is 45.1 cm³/mol. The Hall–Kier alpha value is -1.78. The molecule has 0 saturated carbocycles. The van der Waals surface area contributed by atoms with Gasteiger partial charge in [0.25, 0.3) is 0 Å². The van der Waals surface area contributed by atoms with Crippen LogP contribution in [0.5, 0.6) is 0 Å². The Morgan fingerprint density at radius 2 is 2.38 bits per heavy atom. The zero-order chi connectivity index (χ0) is 9.26. The minimum Gasteiger partial charge on any atom is -0.466 e. The lowest BCUT2D eigenvalue weighted by Crippen LogP contribution is -2.10. The van der Waals surface area contributed by atoms with Gasteiger partial charge in [-0.2, -0.15) is 5.11 Å². The van der Waals surface area contributed by atoms with E-state index >= 15 is 0 Å². The molecule has 0 amide bonds. The van der Waals surface area contributed by atoms with E-state index < -0.39 is 0 Å². The highest BCUT2D eigenvalue weighted by molar-refractivity contribution is 6.04. The molecule has 0 spiro atoms. The molecule has 0 aromatic rings. The second-order valence-electron chi connectivity index (χ2n) is 2.65. The molecule has 13 heavy (non-hydrogen) atoms. The number of fused-ring (bicyclic) bond motifs is 1. The molecule has 66 valence electrons. The highest BCUT2D eigenvalue weighted by Gasteiger charge is 2.21. The Labute approximate surface area is 74.5 Å². The van der Waals surface area contributed by atoms with Crippen molar-refractivity contribution in [1.82, 2.24) is 0 Å². The Morgan fingerprint density at radius 1 is 1.54 bits per heavy atom. The minimum atomic E-state index is -0.351. The minimum absolute atomic E-state index is 0.351. The summed E-state index contributed by atoms with van der Waals surface area (Å²) in [5.41, 5.74) is 1.40. The molecule has 2 aliphatic rings. The number of aliphatic imine (C=N–C) groups is 1. The second-order valence-corrected chi connectivity index (χ2v) is 2.65. The molecule has 5 heteroatoms. The predicted octanol–water partition coefficient (Wildman–Crippen LogP) is 1.20. The molecular formula is C8H7N3O2. The van der Waals surface area contributed by atoms with Gasteiger partial charge in [0.15, 0.2) is 5.84 Å². The number of hydrogen-bond acceptors (Lipinski definition) is 5. The van der Waals surface area contributed by atoms with Gasteiger partial charge in [0.2, 0.25) is 0 Å². The third kappa shape index (κ3) is 1.28. The molecule has 0 N–H and O–H groups in total. The van der Waals surface area contributed by atoms with Crippen LogP contribution in [-0.4, -0.2) is 18.9 Å². The number of nitrogens with zero attached hydrogens (tertiary/aromatic N) is 3. The van der Waals surface area contributed by atoms with E-state index in [0.717, 1.165) is 5.57 Å². The van der Waals surface area contributed by atoms with Crippen molar-refractivity contribution in [3.8, 4) is 0 Å². The molecule has 0 aromatic carbocycles. The van der Waals surface area contributed by atoms with E-state index in [-0.39, 0.29) is 5.97 Å². The van der Waals surface area contributed by atoms with Crippen LogP contribution >= 0.6 is 0 Å². The summed E-state index contributed by atoms with van der Waals surface area (Å²) in [6.07, 6.45) is 3.58. The van der Waals surface area contributed by atoms with E-state index in [1.54, 1.807) is 6.20 Å². The van der Waals surface area contributed by atoms with E-state index in [1.807, 2.05) is 0 Å². The van der Waals surface area contributed by atoms with Crippen molar-refractivity contribution in [1.29, 1.82) is 0 Å². The van der Waals surface area contributed by atoms with Crippen molar-refractivity contribution in [2.24, 2.45) is 15.2 Å². The SMILES string of the molecule is COC(=O)C1=CN=C2N=NC=C2C1. The summed E-state index contributed by atoms with van der Waals surface area (Å²) in [7, 11) is 1.35. The molecule has 0 saturated heterocycles. The smallest absolute Gasteiger partial charge is 0.335 e. The van der Waals surface area contributed by atoms with Crippen LogP contribution in [0.3, 0.4) is 0 Å². The fraction of sp³-hybridized carbons (Fsp3) is 0.250. The van der Waals surface area contributed by atoms with Crippen LogP contribution in [-0.2, 0) is 9.53 Å². The number of carbonyl (C=O) groups excluding carboxylic acids is 1. The van der Waals surface area contributed by atoms with Crippen molar-refractivity contribution < 1.29 is 9.53 Å². The molecule has 0 radical (unpaired) electrons. The Bertz CT molecular complexity index is 377. The van der Waals surface area contributed by atoms with Gasteiger partial charge in [0.1, 0.15) is 0 Å². The maximum atomic E-state index is 11.1. The van der Waals surface area contributed by atoms with Gasteiger partial charge in [-0.05, 0) is 0 Å². The van der Waals surface area contributed by atoms with Crippen LogP contribution in [0.15, 0.2) is 38.8 Å². The third-order valence-corrected chi connectivity index (χ3v) is 1.82. The maximum absolute atomic E-state index is 11.1. The number of azo groups is 1. The fourth-order valence-corrected chi connectivity index (χ4v) is 1.15. The molecule has 5 nitrogen and oxygen atoms in total. The summed E-state index contributed by atoms with van der Waals surface area (Å²) in [4.78, 5) is 15.1. The molecule has 0 atom stereocenters. The first kappa shape index (κ1) is 7.85. The summed E-state index contributed by atoms with van der Waals surface area (Å²) in [6.45, 7) is 0. The molecule has 2 rings (SSSR count). The third-order valence-electron chi connectivity index (χ3n) is 1.82. The molecule has 0 fully saturated rings. The van der Waals surface area contributed by atoms with Crippen LogP contribution in [0.2, 0.25) is 0 Å². The quantitative estimate of drug-likeness (QED) is 0.565. The van der Waals surface area contributed by atoms with Crippen LogP contribution in [0.25, 0.3) is 0 Å². The highest BCUT2D eigenvalue weighted by Crippen LogP contribution is 2.23. The lowest BCUT2D eigenvalue weighted by atomic mass is 10.0. The van der Waals surface area contributed by atoms with E-state index in [1.165, 1.54) is 13.3 Å². The summed E-state index contributed by atoms with van der Waals surface area (Å²) in [5, 5.41) is 7.46. The molecule has 2 heterocycles. The van der Waals surface area contributed by atoms with Crippen molar-refractivity contribution in [3.05, 3.63) is 23.5 Å². The van der Waals surface area contributed by atoms with Gasteiger partial charge in [-0.25, -0.2) is 9.79 Å². The number of hydrogen-bond donors (Lipinski definition) is 0. The summed E-state index contributed by atoms with van der Waals surface area (Å²) in [6, 6.07) is 0. The lowest BCUT2D eigenvalue weighted by Gasteiger charge is -2.08. The molecular weight excluding hydrogens is 170 g/mol. The monoisotopic (exact) mass is 177 g/mol. The van der Waals surface area contributed by atoms with Gasteiger partial charge < -0.3 is 4.74 Å². The first-order chi connectivity index (χ1) is 6.31. The summed E-state index contributed by atoms with van der Waals surface area (Å²) >= 11 is 0. The average molecular weight is 177 g/mol. The molecule has 0 unspecified atom stereocenters. The van der Waals surface area contributed by atoms with Crippen molar-refractivity contribution in [2.45, 2.75) is 6.42 Å². The number of methoxy groups -OCH3 is 1. The first-order valence-electron chi connectivity index (χ1n) is 3.76. The van der Waals surface area contributed by atoms with Gasteiger partial charge in [-0.1, -0.05) is 0 Å². The van der Waals surface area contributed by atoms with Gasteiger partial charge in [0, 0.05) is 18.2 Å². The van der Waals surface area contributed by atoms with Crippen molar-refractivity contribution in [3.63, 3.8) is 0 Å². The topological polar surface area (TPSA) is 63.4 Å². The Morgan fingerprint density at radius 3 is 3.15 bits per heavy atom. The Kier molecular flexibility index (Phi) is 1.77. The van der Waals surface area contributed by atoms with E-state index in [4.69, 9.17) is 0 Å². The standard InChI is InChI=1S/C8H7N3O2/c1-13-8(12)6-2-5-4-10-11-7(5)9-3-6/h3-4H,2H2,1H3. The van der Waals surface area contributed by atoms with Gasteiger partial charge in [0.05, 0.1) is 18.9 Å². The molecule has 2 aliphatic heterocycles. The largest absolute Gasteiger partial charge is 0.466 e. The van der Waals surface area contributed by atoms with Crippen LogP contribution < -0.4 is 0 Å². The van der Waals surface area contributed by atoms with E-state index in [2.05, 4.69) is 20.0 Å². The normalized spacial score (nSPS) is 18.7. The van der Waals surface area contributed by atoms with Crippen molar-refractivity contribution >= 4 is 11.8 Å². The zero-order valence-electron chi connectivity index (χ0n) is 7.02. The molecule has 0 aromatic heterocycles. The lowest BCUT2D eigenvalue weighted by molar-refractivity contribution is -0.136. The number of rotatable bonds is 1. The van der Waals surface area contributed by atoms with Gasteiger partial charge in [-0.3, -0.25) is 0 Å². The Balaban J connectivity index is 2.25. The summed E-state index contributed by atoms with van der Waals surface area (Å²) < 4.78 is 4.57. The second kappa shape index (κ2) is 2.93.